The molecule has 11 heteroatoms. The third-order valence-electron chi connectivity index (χ3n) is 5.28. The third-order valence-corrected chi connectivity index (χ3v) is 6.82. The molecule has 0 fully saturated rings. The molecule has 1 unspecified atom stereocenters. The zero-order valence-corrected chi connectivity index (χ0v) is 20.4. The molecule has 3 rings (SSSR count). The van der Waals surface area contributed by atoms with Gasteiger partial charge in [-0.05, 0) is 44.2 Å². The zero-order valence-electron chi connectivity index (χ0n) is 18.9. The fraction of sp³-hybridized carbons (Fsp3) is 0.273. The summed E-state index contributed by atoms with van der Waals surface area (Å²) in [6.45, 7) is 3.13. The number of carbonyl (C=O) groups is 1. The van der Waals surface area contributed by atoms with E-state index in [4.69, 9.17) is 16.3 Å². The van der Waals surface area contributed by atoms with Gasteiger partial charge in [-0.1, -0.05) is 29.8 Å². The fourth-order valence-electron chi connectivity index (χ4n) is 3.54. The van der Waals surface area contributed by atoms with Crippen molar-refractivity contribution in [2.24, 2.45) is 7.05 Å². The minimum absolute atomic E-state index is 0.0689. The highest BCUT2D eigenvalue weighted by Gasteiger charge is 2.31. The summed E-state index contributed by atoms with van der Waals surface area (Å²) in [6, 6.07) is 12.2. The van der Waals surface area contributed by atoms with Gasteiger partial charge in [0.25, 0.3) is 5.56 Å². The Morgan fingerprint density at radius 2 is 1.82 bits per heavy atom. The van der Waals surface area contributed by atoms with Gasteiger partial charge in [-0.25, -0.2) is 13.1 Å². The normalized spacial score (nSPS) is 12.3. The van der Waals surface area contributed by atoms with Crippen molar-refractivity contribution in [3.8, 4) is 11.4 Å². The Morgan fingerprint density at radius 3 is 2.36 bits per heavy atom. The van der Waals surface area contributed by atoms with E-state index in [-0.39, 0.29) is 16.4 Å². The van der Waals surface area contributed by atoms with Gasteiger partial charge in [0.2, 0.25) is 15.9 Å². The van der Waals surface area contributed by atoms with Crippen LogP contribution in [0.4, 0.5) is 11.4 Å². The van der Waals surface area contributed by atoms with Crippen molar-refractivity contribution in [3.05, 3.63) is 69.6 Å². The van der Waals surface area contributed by atoms with Gasteiger partial charge >= 0.3 is 0 Å². The van der Waals surface area contributed by atoms with E-state index in [1.807, 2.05) is 6.07 Å². The molecule has 0 spiro atoms. The molecule has 0 aliphatic rings. The summed E-state index contributed by atoms with van der Waals surface area (Å²) >= 11 is 6.16. The summed E-state index contributed by atoms with van der Waals surface area (Å²) in [5, 5.41) is 2.81. The highest BCUT2D eigenvalue weighted by molar-refractivity contribution is 7.92. The maximum atomic E-state index is 13.1. The van der Waals surface area contributed by atoms with Crippen molar-refractivity contribution in [1.82, 2.24) is 9.36 Å². The van der Waals surface area contributed by atoms with Crippen LogP contribution in [0.5, 0.6) is 5.75 Å². The van der Waals surface area contributed by atoms with Gasteiger partial charge in [0, 0.05) is 7.05 Å². The van der Waals surface area contributed by atoms with Gasteiger partial charge in [-0.2, -0.15) is 0 Å². The molecule has 1 atom stereocenters. The van der Waals surface area contributed by atoms with Gasteiger partial charge in [-0.3, -0.25) is 18.6 Å². The third kappa shape index (κ3) is 4.76. The van der Waals surface area contributed by atoms with Gasteiger partial charge < -0.3 is 10.1 Å². The molecule has 176 valence electrons. The first-order valence-electron chi connectivity index (χ1n) is 9.95. The van der Waals surface area contributed by atoms with Crippen LogP contribution in [0.15, 0.2) is 53.3 Å². The van der Waals surface area contributed by atoms with E-state index in [9.17, 15) is 18.0 Å². The second-order valence-electron chi connectivity index (χ2n) is 7.48. The Hall–Kier alpha value is -3.24. The molecule has 33 heavy (non-hydrogen) atoms. The maximum Gasteiger partial charge on any atom is 0.295 e. The summed E-state index contributed by atoms with van der Waals surface area (Å²) in [5.41, 5.74) is 0.979. The van der Waals surface area contributed by atoms with Crippen LogP contribution in [-0.4, -0.2) is 43.1 Å². The molecule has 2 aromatic carbocycles. The van der Waals surface area contributed by atoms with Crippen LogP contribution < -0.4 is 19.9 Å². The summed E-state index contributed by atoms with van der Waals surface area (Å²) in [6.07, 6.45) is 0.991. The van der Waals surface area contributed by atoms with Gasteiger partial charge in [0.1, 0.15) is 17.5 Å². The molecule has 1 aromatic heterocycles. The Kier molecular flexibility index (Phi) is 6.89. The quantitative estimate of drug-likeness (QED) is 0.546. The number of methoxy groups -OCH3 is 1. The second kappa shape index (κ2) is 9.32. The van der Waals surface area contributed by atoms with Crippen molar-refractivity contribution < 1.29 is 17.9 Å². The number of carbonyl (C=O) groups excluding carboxylic acids is 1. The number of para-hydroxylation sites is 1. The lowest BCUT2D eigenvalue weighted by Crippen LogP contribution is -2.45. The number of ether oxygens (including phenoxy) is 1. The second-order valence-corrected chi connectivity index (χ2v) is 9.75. The standard InChI is InChI=1S/C22H25ClN4O5S/c1-14-20(22(29)26(25(14)3)16-9-7-6-8-10-16)24-21(28)15(2)27(33(5,30)31)17-11-12-19(32-4)18(23)13-17/h6-13,15H,1-5H3,(H,24,28). The number of nitrogens with one attached hydrogen (secondary N) is 1. The van der Waals surface area contributed by atoms with Crippen molar-refractivity contribution in [3.63, 3.8) is 0 Å². The number of rotatable bonds is 7. The van der Waals surface area contributed by atoms with E-state index >= 15 is 0 Å². The lowest BCUT2D eigenvalue weighted by atomic mass is 10.2. The molecular formula is C22H25ClN4O5S. The van der Waals surface area contributed by atoms with E-state index in [0.29, 0.717) is 17.1 Å². The number of nitrogens with zero attached hydrogens (tertiary/aromatic N) is 3. The van der Waals surface area contributed by atoms with Crippen LogP contribution in [-0.2, 0) is 21.9 Å². The van der Waals surface area contributed by atoms with Crippen molar-refractivity contribution in [1.29, 1.82) is 0 Å². The average Bonchev–Trinajstić information content (AvgIpc) is 2.96. The Labute approximate surface area is 197 Å². The number of sulfonamides is 1. The highest BCUT2D eigenvalue weighted by Crippen LogP contribution is 2.31. The van der Waals surface area contributed by atoms with E-state index < -0.39 is 27.5 Å². The molecule has 3 aromatic rings. The van der Waals surface area contributed by atoms with E-state index in [1.165, 1.54) is 36.9 Å². The maximum absolute atomic E-state index is 13.1. The molecule has 1 heterocycles. The number of anilines is 2. The summed E-state index contributed by atoms with van der Waals surface area (Å²) in [7, 11) is -0.733. The average molecular weight is 493 g/mol. The molecule has 0 aliphatic carbocycles. The Bertz CT molecular complexity index is 1350. The molecule has 1 N–H and O–H groups in total. The van der Waals surface area contributed by atoms with Gasteiger partial charge in [-0.15, -0.1) is 0 Å². The van der Waals surface area contributed by atoms with Crippen LogP contribution >= 0.6 is 11.6 Å². The van der Waals surface area contributed by atoms with Crippen molar-refractivity contribution in [2.45, 2.75) is 19.9 Å². The molecule has 0 radical (unpaired) electrons. The predicted octanol–water partition coefficient (Wildman–Crippen LogP) is 2.94. The molecule has 1 amide bonds. The highest BCUT2D eigenvalue weighted by atomic mass is 35.5. The molecule has 0 saturated heterocycles. The lowest BCUT2D eigenvalue weighted by molar-refractivity contribution is -0.116. The first-order valence-corrected chi connectivity index (χ1v) is 12.2. The zero-order chi connectivity index (χ0) is 24.5. The summed E-state index contributed by atoms with van der Waals surface area (Å²) in [5.74, 6) is -0.300. The number of aromatic nitrogens is 2. The molecule has 0 bridgehead atoms. The minimum Gasteiger partial charge on any atom is -0.495 e. The van der Waals surface area contributed by atoms with Crippen LogP contribution in [0.3, 0.4) is 0 Å². The van der Waals surface area contributed by atoms with E-state index in [0.717, 1.165) is 10.6 Å². The topological polar surface area (TPSA) is 103 Å². The smallest absolute Gasteiger partial charge is 0.295 e. The summed E-state index contributed by atoms with van der Waals surface area (Å²) < 4.78 is 34.2. The largest absolute Gasteiger partial charge is 0.495 e. The summed E-state index contributed by atoms with van der Waals surface area (Å²) in [4.78, 5) is 26.2. The monoisotopic (exact) mass is 492 g/mol. The molecule has 0 aliphatic heterocycles. The van der Waals surface area contributed by atoms with Crippen LogP contribution in [0, 0.1) is 6.92 Å². The SMILES string of the molecule is COc1ccc(N(C(C)C(=O)Nc2c(C)n(C)n(-c3ccccc3)c2=O)S(C)(=O)=O)cc1Cl. The van der Waals surface area contributed by atoms with Crippen molar-refractivity contribution in [2.75, 3.05) is 23.0 Å². The number of hydrogen-bond acceptors (Lipinski definition) is 5. The molecule has 9 nitrogen and oxygen atoms in total. The minimum atomic E-state index is -3.87. The number of benzene rings is 2. The van der Waals surface area contributed by atoms with Crippen molar-refractivity contribution >= 4 is 38.9 Å². The van der Waals surface area contributed by atoms with Gasteiger partial charge in [0.05, 0.1) is 35.5 Å². The first-order chi connectivity index (χ1) is 15.5. The number of hydrogen-bond donors (Lipinski definition) is 1. The van der Waals surface area contributed by atoms with Crippen LogP contribution in [0.2, 0.25) is 5.02 Å². The Balaban J connectivity index is 1.98. The molecular weight excluding hydrogens is 468 g/mol. The van der Waals surface area contributed by atoms with Gasteiger partial charge in [0.15, 0.2) is 0 Å². The predicted molar refractivity (Wildman–Crippen MR) is 129 cm³/mol. The van der Waals surface area contributed by atoms with Crippen LogP contribution in [0.25, 0.3) is 5.69 Å². The fourth-order valence-corrected chi connectivity index (χ4v) is 4.96. The lowest BCUT2D eigenvalue weighted by Gasteiger charge is -2.28. The first kappa shape index (κ1) is 24.4. The number of halogens is 1. The number of amides is 1. The molecule has 0 saturated carbocycles. The van der Waals surface area contributed by atoms with E-state index in [2.05, 4.69) is 5.32 Å². The Morgan fingerprint density at radius 1 is 1.18 bits per heavy atom. The van der Waals surface area contributed by atoms with Crippen LogP contribution in [0.1, 0.15) is 12.6 Å². The van der Waals surface area contributed by atoms with E-state index in [1.54, 1.807) is 42.9 Å².